The lowest BCUT2D eigenvalue weighted by Gasteiger charge is -2.15. The minimum absolute atomic E-state index is 0.706. The van der Waals surface area contributed by atoms with Crippen molar-refractivity contribution in [1.29, 1.82) is 0 Å². The molecule has 0 aliphatic carbocycles. The van der Waals surface area contributed by atoms with E-state index < -0.39 is 0 Å². The minimum atomic E-state index is 0.706. The lowest BCUT2D eigenvalue weighted by atomic mass is 9.98. The van der Waals surface area contributed by atoms with Gasteiger partial charge in [0.1, 0.15) is 4.60 Å². The van der Waals surface area contributed by atoms with Gasteiger partial charge in [-0.15, -0.1) is 0 Å². The number of pyridine rings is 1. The molecule has 1 aromatic rings. The summed E-state index contributed by atoms with van der Waals surface area (Å²) in [7, 11) is 0. The molecule has 0 aromatic carbocycles. The van der Waals surface area contributed by atoms with Gasteiger partial charge >= 0.3 is 0 Å². The third kappa shape index (κ3) is 4.76. The van der Waals surface area contributed by atoms with E-state index in [0.29, 0.717) is 5.92 Å². The maximum atomic E-state index is 4.37. The number of nitrogens with one attached hydrogen (secondary N) is 1. The maximum Gasteiger partial charge on any atom is 0.106 e. The van der Waals surface area contributed by atoms with Gasteiger partial charge in [-0.1, -0.05) is 26.8 Å². The average molecular weight is 271 g/mol. The molecule has 0 bridgehead atoms. The predicted octanol–water partition coefficient (Wildman–Crippen LogP) is 3.23. The van der Waals surface area contributed by atoms with Gasteiger partial charge in [-0.2, -0.15) is 0 Å². The van der Waals surface area contributed by atoms with Crippen molar-refractivity contribution in [2.75, 3.05) is 6.54 Å². The molecule has 84 valence electrons. The first-order valence-corrected chi connectivity index (χ1v) is 6.21. The Kier molecular flexibility index (Phi) is 5.26. The summed E-state index contributed by atoms with van der Waals surface area (Å²) in [6.45, 7) is 8.67. The lowest BCUT2D eigenvalue weighted by molar-refractivity contribution is 0.391. The van der Waals surface area contributed by atoms with Crippen LogP contribution in [0.2, 0.25) is 0 Å². The van der Waals surface area contributed by atoms with Crippen LogP contribution in [0.3, 0.4) is 0 Å². The van der Waals surface area contributed by atoms with Gasteiger partial charge in [0.05, 0.1) is 5.69 Å². The van der Waals surface area contributed by atoms with Gasteiger partial charge in [0, 0.05) is 6.54 Å². The van der Waals surface area contributed by atoms with Crippen LogP contribution >= 0.6 is 15.9 Å². The van der Waals surface area contributed by atoms with Crippen LogP contribution in [-0.4, -0.2) is 11.5 Å². The zero-order chi connectivity index (χ0) is 11.3. The Morgan fingerprint density at radius 1 is 1.33 bits per heavy atom. The van der Waals surface area contributed by atoms with Crippen molar-refractivity contribution in [3.63, 3.8) is 0 Å². The standard InChI is InChI=1S/C12H19BrN2/c1-9(2)10(3)7-14-8-11-5-4-6-12(13)15-11/h4-6,9-10,14H,7-8H2,1-3H3. The molecule has 0 saturated carbocycles. The Balaban J connectivity index is 2.32. The molecule has 0 radical (unpaired) electrons. The Morgan fingerprint density at radius 2 is 2.07 bits per heavy atom. The van der Waals surface area contributed by atoms with E-state index in [1.165, 1.54) is 0 Å². The SMILES string of the molecule is CC(C)C(C)CNCc1cccc(Br)n1. The lowest BCUT2D eigenvalue weighted by Crippen LogP contribution is -2.24. The molecule has 1 rings (SSSR count). The van der Waals surface area contributed by atoms with E-state index in [4.69, 9.17) is 0 Å². The molecule has 0 aliphatic rings. The third-order valence-corrected chi connectivity index (χ3v) is 3.12. The highest BCUT2D eigenvalue weighted by Crippen LogP contribution is 2.09. The number of halogens is 1. The molecule has 1 N–H and O–H groups in total. The Labute approximate surface area is 101 Å². The Bertz CT molecular complexity index is 299. The molecule has 1 aromatic heterocycles. The second-order valence-electron chi connectivity index (χ2n) is 4.30. The van der Waals surface area contributed by atoms with Crippen LogP contribution < -0.4 is 5.32 Å². The van der Waals surface area contributed by atoms with E-state index in [1.807, 2.05) is 18.2 Å². The molecule has 1 heterocycles. The van der Waals surface area contributed by atoms with Crippen molar-refractivity contribution in [3.05, 3.63) is 28.5 Å². The highest BCUT2D eigenvalue weighted by atomic mass is 79.9. The number of hydrogen-bond acceptors (Lipinski definition) is 2. The van der Waals surface area contributed by atoms with E-state index in [-0.39, 0.29) is 0 Å². The van der Waals surface area contributed by atoms with E-state index in [2.05, 4.69) is 47.0 Å². The topological polar surface area (TPSA) is 24.9 Å². The van der Waals surface area contributed by atoms with E-state index in [0.717, 1.165) is 29.3 Å². The zero-order valence-corrected chi connectivity index (χ0v) is 11.2. The van der Waals surface area contributed by atoms with Crippen LogP contribution in [0.5, 0.6) is 0 Å². The summed E-state index contributed by atoms with van der Waals surface area (Å²) in [5, 5.41) is 3.43. The van der Waals surface area contributed by atoms with Gasteiger partial charge in [0.2, 0.25) is 0 Å². The summed E-state index contributed by atoms with van der Waals surface area (Å²) in [6.07, 6.45) is 0. The van der Waals surface area contributed by atoms with E-state index >= 15 is 0 Å². The van der Waals surface area contributed by atoms with Gasteiger partial charge < -0.3 is 5.32 Å². The van der Waals surface area contributed by atoms with Crippen LogP contribution in [0, 0.1) is 11.8 Å². The molecule has 3 heteroatoms. The molecule has 0 spiro atoms. The summed E-state index contributed by atoms with van der Waals surface area (Å²) in [5.74, 6) is 1.44. The van der Waals surface area contributed by atoms with Gasteiger partial charge in [0.15, 0.2) is 0 Å². The highest BCUT2D eigenvalue weighted by Gasteiger charge is 2.06. The number of rotatable bonds is 5. The highest BCUT2D eigenvalue weighted by molar-refractivity contribution is 9.10. The first kappa shape index (κ1) is 12.7. The van der Waals surface area contributed by atoms with Crippen molar-refractivity contribution in [2.45, 2.75) is 27.3 Å². The summed E-state index contributed by atoms with van der Waals surface area (Å²) in [6, 6.07) is 6.00. The van der Waals surface area contributed by atoms with Gasteiger partial charge in [-0.25, -0.2) is 4.98 Å². The van der Waals surface area contributed by atoms with Crippen LogP contribution in [0.4, 0.5) is 0 Å². The summed E-state index contributed by atoms with van der Waals surface area (Å²) in [5.41, 5.74) is 1.08. The summed E-state index contributed by atoms with van der Waals surface area (Å²) < 4.78 is 0.902. The minimum Gasteiger partial charge on any atom is -0.311 e. The monoisotopic (exact) mass is 270 g/mol. The second kappa shape index (κ2) is 6.23. The molecule has 1 atom stereocenters. The average Bonchev–Trinajstić information content (AvgIpc) is 2.17. The normalized spacial score (nSPS) is 13.1. The molecule has 1 unspecified atom stereocenters. The largest absolute Gasteiger partial charge is 0.311 e. The Hall–Kier alpha value is -0.410. The fraction of sp³-hybridized carbons (Fsp3) is 0.583. The molecule has 0 amide bonds. The molecule has 0 aliphatic heterocycles. The third-order valence-electron chi connectivity index (χ3n) is 2.68. The summed E-state index contributed by atoms with van der Waals surface area (Å²) >= 11 is 3.37. The molecular weight excluding hydrogens is 252 g/mol. The van der Waals surface area contributed by atoms with Crippen LogP contribution in [-0.2, 0) is 6.54 Å². The number of aromatic nitrogens is 1. The second-order valence-corrected chi connectivity index (χ2v) is 5.12. The van der Waals surface area contributed by atoms with E-state index in [1.54, 1.807) is 0 Å². The van der Waals surface area contributed by atoms with Crippen LogP contribution in [0.15, 0.2) is 22.8 Å². The van der Waals surface area contributed by atoms with Gasteiger partial charge in [-0.3, -0.25) is 0 Å². The first-order valence-electron chi connectivity index (χ1n) is 5.41. The number of nitrogens with zero attached hydrogens (tertiary/aromatic N) is 1. The zero-order valence-electron chi connectivity index (χ0n) is 9.63. The first-order chi connectivity index (χ1) is 7.09. The maximum absolute atomic E-state index is 4.37. The molecular formula is C12H19BrN2. The number of hydrogen-bond donors (Lipinski definition) is 1. The molecule has 0 saturated heterocycles. The summed E-state index contributed by atoms with van der Waals surface area (Å²) in [4.78, 5) is 4.37. The predicted molar refractivity (Wildman–Crippen MR) is 67.6 cm³/mol. The van der Waals surface area contributed by atoms with Crippen molar-refractivity contribution < 1.29 is 0 Å². The fourth-order valence-electron chi connectivity index (χ4n) is 1.21. The van der Waals surface area contributed by atoms with Crippen molar-refractivity contribution >= 4 is 15.9 Å². The van der Waals surface area contributed by atoms with Gasteiger partial charge in [-0.05, 0) is 46.4 Å². The Morgan fingerprint density at radius 3 is 2.67 bits per heavy atom. The van der Waals surface area contributed by atoms with Crippen molar-refractivity contribution in [3.8, 4) is 0 Å². The van der Waals surface area contributed by atoms with Crippen LogP contribution in [0.25, 0.3) is 0 Å². The fourth-order valence-corrected chi connectivity index (χ4v) is 1.59. The quantitative estimate of drug-likeness (QED) is 0.832. The smallest absolute Gasteiger partial charge is 0.106 e. The molecule has 2 nitrogen and oxygen atoms in total. The van der Waals surface area contributed by atoms with Crippen molar-refractivity contribution in [2.24, 2.45) is 11.8 Å². The molecule has 0 fully saturated rings. The van der Waals surface area contributed by atoms with Crippen LogP contribution in [0.1, 0.15) is 26.5 Å². The molecule has 15 heavy (non-hydrogen) atoms. The van der Waals surface area contributed by atoms with Gasteiger partial charge in [0.25, 0.3) is 0 Å². The van der Waals surface area contributed by atoms with Crippen molar-refractivity contribution in [1.82, 2.24) is 10.3 Å². The van der Waals surface area contributed by atoms with E-state index in [9.17, 15) is 0 Å².